The Morgan fingerprint density at radius 3 is 2.47 bits per heavy atom. The Bertz CT molecular complexity index is 552. The summed E-state index contributed by atoms with van der Waals surface area (Å²) in [5.41, 5.74) is 1.10. The van der Waals surface area contributed by atoms with Gasteiger partial charge in [0.05, 0.1) is 5.60 Å². The number of hydrogen-bond acceptors (Lipinski definition) is 1. The van der Waals surface area contributed by atoms with Gasteiger partial charge >= 0.3 is 0 Å². The molecule has 17 heavy (non-hydrogen) atoms. The zero-order valence-electron chi connectivity index (χ0n) is 10.4. The second-order valence-electron chi connectivity index (χ2n) is 4.97. The van der Waals surface area contributed by atoms with Crippen LogP contribution in [0.15, 0.2) is 54.6 Å². The van der Waals surface area contributed by atoms with Crippen molar-refractivity contribution in [2.24, 2.45) is 0 Å². The summed E-state index contributed by atoms with van der Waals surface area (Å²) in [6, 6.07) is 14.3. The highest BCUT2D eigenvalue weighted by atomic mass is 16.3. The molecule has 0 amide bonds. The molecule has 88 valence electrons. The fourth-order valence-corrected chi connectivity index (χ4v) is 2.21. The highest BCUT2D eigenvalue weighted by Crippen LogP contribution is 2.29. The first-order chi connectivity index (χ1) is 7.99. The van der Waals surface area contributed by atoms with Gasteiger partial charge in [0.2, 0.25) is 0 Å². The van der Waals surface area contributed by atoms with Crippen molar-refractivity contribution in [3.63, 3.8) is 0 Å². The number of aliphatic hydroxyl groups is 1. The molecule has 2 rings (SSSR count). The van der Waals surface area contributed by atoms with Crippen LogP contribution in [0.2, 0.25) is 0 Å². The van der Waals surface area contributed by atoms with Crippen LogP contribution in [-0.2, 0) is 5.60 Å². The normalized spacial score (nSPS) is 14.5. The maximum absolute atomic E-state index is 10.5. The molecule has 1 N–H and O–H groups in total. The molecule has 0 radical (unpaired) electrons. The van der Waals surface area contributed by atoms with Crippen molar-refractivity contribution in [3.8, 4) is 0 Å². The molecular formula is C16H18O. The second kappa shape index (κ2) is 4.34. The average Bonchev–Trinajstić information content (AvgIpc) is 2.26. The third-order valence-corrected chi connectivity index (χ3v) is 3.02. The fraction of sp³-hybridized carbons (Fsp3) is 0.250. The first-order valence-electron chi connectivity index (χ1n) is 5.85. The van der Waals surface area contributed by atoms with Crippen molar-refractivity contribution in [3.05, 3.63) is 60.2 Å². The Morgan fingerprint density at radius 2 is 1.82 bits per heavy atom. The van der Waals surface area contributed by atoms with Crippen molar-refractivity contribution >= 4 is 10.8 Å². The van der Waals surface area contributed by atoms with Crippen LogP contribution >= 0.6 is 0 Å². The van der Waals surface area contributed by atoms with Crippen LogP contribution in [0.3, 0.4) is 0 Å². The summed E-state index contributed by atoms with van der Waals surface area (Å²) in [5, 5.41) is 12.8. The summed E-state index contributed by atoms with van der Waals surface area (Å²) in [6.45, 7) is 7.65. The standard InChI is InChI=1S/C16H18O/c1-12(2)11-16(3,17)15-9-8-13-6-4-5-7-14(13)10-15/h4-10,17H,1,11H2,2-3H3. The maximum Gasteiger partial charge on any atom is 0.0905 e. The van der Waals surface area contributed by atoms with Gasteiger partial charge in [-0.05, 0) is 36.2 Å². The predicted octanol–water partition coefficient (Wildman–Crippen LogP) is 4.01. The molecule has 0 saturated heterocycles. The average molecular weight is 226 g/mol. The van der Waals surface area contributed by atoms with Gasteiger partial charge in [-0.15, -0.1) is 6.58 Å². The highest BCUT2D eigenvalue weighted by molar-refractivity contribution is 5.83. The summed E-state index contributed by atoms with van der Waals surface area (Å²) < 4.78 is 0. The van der Waals surface area contributed by atoms with Crippen LogP contribution < -0.4 is 0 Å². The zero-order chi connectivity index (χ0) is 12.5. The van der Waals surface area contributed by atoms with Gasteiger partial charge in [0, 0.05) is 6.42 Å². The van der Waals surface area contributed by atoms with Crippen LogP contribution in [0, 0.1) is 0 Å². The highest BCUT2D eigenvalue weighted by Gasteiger charge is 2.22. The van der Waals surface area contributed by atoms with E-state index in [-0.39, 0.29) is 0 Å². The molecule has 1 atom stereocenters. The van der Waals surface area contributed by atoms with Gasteiger partial charge in [0.15, 0.2) is 0 Å². The molecule has 0 saturated carbocycles. The molecule has 0 bridgehead atoms. The first-order valence-corrected chi connectivity index (χ1v) is 5.85. The fourth-order valence-electron chi connectivity index (χ4n) is 2.21. The van der Waals surface area contributed by atoms with Crippen LogP contribution in [-0.4, -0.2) is 5.11 Å². The summed E-state index contributed by atoms with van der Waals surface area (Å²) in [5.74, 6) is 0. The molecule has 2 aromatic rings. The van der Waals surface area contributed by atoms with E-state index in [1.54, 1.807) is 0 Å². The number of hydrogen-bond donors (Lipinski definition) is 1. The van der Waals surface area contributed by atoms with E-state index in [9.17, 15) is 5.11 Å². The molecule has 0 aromatic heterocycles. The molecule has 0 spiro atoms. The lowest BCUT2D eigenvalue weighted by Gasteiger charge is -2.24. The monoisotopic (exact) mass is 226 g/mol. The Morgan fingerprint density at radius 1 is 1.18 bits per heavy atom. The van der Waals surface area contributed by atoms with Gasteiger partial charge in [-0.3, -0.25) is 0 Å². The molecule has 1 nitrogen and oxygen atoms in total. The third-order valence-electron chi connectivity index (χ3n) is 3.02. The van der Waals surface area contributed by atoms with E-state index in [1.807, 2.05) is 32.0 Å². The minimum absolute atomic E-state index is 0.589. The van der Waals surface area contributed by atoms with Gasteiger partial charge in [-0.25, -0.2) is 0 Å². The lowest BCUT2D eigenvalue weighted by molar-refractivity contribution is 0.0579. The number of fused-ring (bicyclic) bond motifs is 1. The van der Waals surface area contributed by atoms with Crippen molar-refractivity contribution in [1.82, 2.24) is 0 Å². The molecule has 2 aromatic carbocycles. The predicted molar refractivity (Wildman–Crippen MR) is 72.9 cm³/mol. The van der Waals surface area contributed by atoms with E-state index >= 15 is 0 Å². The lowest BCUT2D eigenvalue weighted by atomic mass is 9.88. The van der Waals surface area contributed by atoms with E-state index in [0.29, 0.717) is 6.42 Å². The van der Waals surface area contributed by atoms with Crippen molar-refractivity contribution < 1.29 is 5.11 Å². The van der Waals surface area contributed by atoms with Gasteiger partial charge < -0.3 is 5.11 Å². The van der Waals surface area contributed by atoms with Gasteiger partial charge in [0.25, 0.3) is 0 Å². The van der Waals surface area contributed by atoms with Crippen LogP contribution in [0.25, 0.3) is 10.8 Å². The smallest absolute Gasteiger partial charge is 0.0905 e. The number of rotatable bonds is 3. The van der Waals surface area contributed by atoms with Crippen molar-refractivity contribution in [1.29, 1.82) is 0 Å². The third kappa shape index (κ3) is 2.56. The molecule has 0 heterocycles. The SMILES string of the molecule is C=C(C)CC(C)(O)c1ccc2ccccc2c1. The van der Waals surface area contributed by atoms with Crippen molar-refractivity contribution in [2.45, 2.75) is 25.9 Å². The number of benzene rings is 2. The zero-order valence-corrected chi connectivity index (χ0v) is 10.4. The quantitative estimate of drug-likeness (QED) is 0.784. The van der Waals surface area contributed by atoms with E-state index in [1.165, 1.54) is 5.39 Å². The summed E-state index contributed by atoms with van der Waals surface area (Å²) in [7, 11) is 0. The Balaban J connectivity index is 2.45. The van der Waals surface area contributed by atoms with E-state index in [2.05, 4.69) is 30.8 Å². The summed E-state index contributed by atoms with van der Waals surface area (Å²) in [4.78, 5) is 0. The molecule has 1 unspecified atom stereocenters. The first kappa shape index (κ1) is 11.9. The van der Waals surface area contributed by atoms with Gasteiger partial charge in [-0.1, -0.05) is 42.0 Å². The molecule has 1 heteroatoms. The molecule has 0 aliphatic carbocycles. The van der Waals surface area contributed by atoms with E-state index in [4.69, 9.17) is 0 Å². The minimum Gasteiger partial charge on any atom is -0.385 e. The van der Waals surface area contributed by atoms with Gasteiger partial charge in [-0.2, -0.15) is 0 Å². The second-order valence-corrected chi connectivity index (χ2v) is 4.97. The van der Waals surface area contributed by atoms with Crippen LogP contribution in [0.4, 0.5) is 0 Å². The van der Waals surface area contributed by atoms with Crippen LogP contribution in [0.1, 0.15) is 25.8 Å². The molecule has 0 aliphatic heterocycles. The largest absolute Gasteiger partial charge is 0.385 e. The molecule has 0 aliphatic rings. The summed E-state index contributed by atoms with van der Waals surface area (Å²) in [6.07, 6.45) is 0.589. The van der Waals surface area contributed by atoms with E-state index in [0.717, 1.165) is 16.5 Å². The van der Waals surface area contributed by atoms with Crippen LogP contribution in [0.5, 0.6) is 0 Å². The Labute approximate surface area is 102 Å². The van der Waals surface area contributed by atoms with Crippen molar-refractivity contribution in [2.75, 3.05) is 0 Å². The lowest BCUT2D eigenvalue weighted by Crippen LogP contribution is -2.21. The topological polar surface area (TPSA) is 20.2 Å². The molecule has 0 fully saturated rings. The summed E-state index contributed by atoms with van der Waals surface area (Å²) >= 11 is 0. The maximum atomic E-state index is 10.5. The molecular weight excluding hydrogens is 208 g/mol. The van der Waals surface area contributed by atoms with Gasteiger partial charge in [0.1, 0.15) is 0 Å². The van der Waals surface area contributed by atoms with E-state index < -0.39 is 5.60 Å². The minimum atomic E-state index is -0.837. The Kier molecular flexibility index (Phi) is 3.03. The Hall–Kier alpha value is -1.60.